The van der Waals surface area contributed by atoms with Crippen LogP contribution in [0.4, 0.5) is 0 Å². The van der Waals surface area contributed by atoms with Gasteiger partial charge >= 0.3 is 0 Å². The molecule has 1 saturated carbocycles. The predicted molar refractivity (Wildman–Crippen MR) is 78.6 cm³/mol. The Morgan fingerprint density at radius 1 is 1.42 bits per heavy atom. The van der Waals surface area contributed by atoms with Crippen LogP contribution in [0.2, 0.25) is 0 Å². The van der Waals surface area contributed by atoms with Gasteiger partial charge in [-0.15, -0.1) is 11.6 Å². The maximum Gasteiger partial charge on any atom is 0.160 e. The van der Waals surface area contributed by atoms with E-state index in [2.05, 4.69) is 22.5 Å². The van der Waals surface area contributed by atoms with E-state index in [0.29, 0.717) is 6.04 Å². The van der Waals surface area contributed by atoms with E-state index in [4.69, 9.17) is 16.6 Å². The topological polar surface area (TPSA) is 30.7 Å². The number of fused-ring (bicyclic) bond motifs is 1. The molecule has 2 unspecified atom stereocenters. The van der Waals surface area contributed by atoms with E-state index in [-0.39, 0.29) is 5.38 Å². The van der Waals surface area contributed by atoms with E-state index < -0.39 is 0 Å². The monoisotopic (exact) mass is 277 g/mol. The quantitative estimate of drug-likeness (QED) is 0.776. The molecule has 0 bridgehead atoms. The molecule has 3 nitrogen and oxygen atoms in total. The van der Waals surface area contributed by atoms with Gasteiger partial charge in [0, 0.05) is 12.2 Å². The largest absolute Gasteiger partial charge is 0.309 e. The SMILES string of the molecule is Cc1cnc2c(c1)nc(C(C)Cl)n2C(C)CC1CC1. The summed E-state index contributed by atoms with van der Waals surface area (Å²) in [6, 6.07) is 2.51. The zero-order valence-corrected chi connectivity index (χ0v) is 12.5. The summed E-state index contributed by atoms with van der Waals surface area (Å²) in [4.78, 5) is 9.26. The van der Waals surface area contributed by atoms with Crippen LogP contribution in [0.5, 0.6) is 0 Å². The third kappa shape index (κ3) is 2.48. The van der Waals surface area contributed by atoms with Crippen molar-refractivity contribution in [3.63, 3.8) is 0 Å². The fourth-order valence-electron chi connectivity index (χ4n) is 2.76. The summed E-state index contributed by atoms with van der Waals surface area (Å²) in [5.74, 6) is 1.83. The molecule has 0 aliphatic heterocycles. The normalized spacial score (nSPS) is 18.7. The molecule has 2 aromatic heterocycles. The van der Waals surface area contributed by atoms with Gasteiger partial charge in [-0.25, -0.2) is 9.97 Å². The molecule has 2 heterocycles. The molecular weight excluding hydrogens is 258 g/mol. The smallest absolute Gasteiger partial charge is 0.160 e. The van der Waals surface area contributed by atoms with Crippen molar-refractivity contribution < 1.29 is 0 Å². The van der Waals surface area contributed by atoms with Crippen molar-refractivity contribution in [1.82, 2.24) is 14.5 Å². The van der Waals surface area contributed by atoms with E-state index in [1.54, 1.807) is 0 Å². The first-order valence-corrected chi connectivity index (χ1v) is 7.48. The van der Waals surface area contributed by atoms with Crippen LogP contribution in [-0.4, -0.2) is 14.5 Å². The number of nitrogens with zero attached hydrogens (tertiary/aromatic N) is 3. The first-order valence-electron chi connectivity index (χ1n) is 7.05. The van der Waals surface area contributed by atoms with Crippen molar-refractivity contribution in [1.29, 1.82) is 0 Å². The highest BCUT2D eigenvalue weighted by Gasteiger charge is 2.27. The third-order valence-electron chi connectivity index (χ3n) is 3.86. The Hall–Kier alpha value is -1.09. The first-order chi connectivity index (χ1) is 9.06. The Kier molecular flexibility index (Phi) is 3.25. The molecule has 19 heavy (non-hydrogen) atoms. The number of aromatic nitrogens is 3. The van der Waals surface area contributed by atoms with Crippen LogP contribution in [0, 0.1) is 12.8 Å². The molecule has 0 N–H and O–H groups in total. The number of imidazole rings is 1. The van der Waals surface area contributed by atoms with Crippen molar-refractivity contribution in [2.75, 3.05) is 0 Å². The fraction of sp³-hybridized carbons (Fsp3) is 0.600. The number of pyridine rings is 1. The molecule has 1 aliphatic carbocycles. The third-order valence-corrected chi connectivity index (χ3v) is 4.06. The average Bonchev–Trinajstić information content (AvgIpc) is 3.06. The molecule has 0 aromatic carbocycles. The molecular formula is C15H20ClN3. The lowest BCUT2D eigenvalue weighted by Gasteiger charge is -2.17. The molecule has 102 valence electrons. The van der Waals surface area contributed by atoms with Gasteiger partial charge in [0.1, 0.15) is 11.3 Å². The Bertz CT molecular complexity index is 599. The molecule has 0 radical (unpaired) electrons. The van der Waals surface area contributed by atoms with Crippen molar-refractivity contribution in [3.05, 3.63) is 23.7 Å². The minimum atomic E-state index is -0.0869. The average molecular weight is 278 g/mol. The van der Waals surface area contributed by atoms with Gasteiger partial charge in [-0.1, -0.05) is 12.8 Å². The molecule has 0 amide bonds. The van der Waals surface area contributed by atoms with Crippen LogP contribution < -0.4 is 0 Å². The van der Waals surface area contributed by atoms with Gasteiger partial charge in [0.15, 0.2) is 5.65 Å². The number of halogens is 1. The summed E-state index contributed by atoms with van der Waals surface area (Å²) in [5, 5.41) is -0.0869. The van der Waals surface area contributed by atoms with Crippen LogP contribution in [-0.2, 0) is 0 Å². The molecule has 2 atom stereocenters. The maximum atomic E-state index is 6.30. The summed E-state index contributed by atoms with van der Waals surface area (Å²) in [6.45, 7) is 6.28. The van der Waals surface area contributed by atoms with Crippen LogP contribution in [0.15, 0.2) is 12.3 Å². The van der Waals surface area contributed by atoms with Crippen LogP contribution in [0.1, 0.15) is 55.9 Å². The zero-order valence-electron chi connectivity index (χ0n) is 11.7. The number of alkyl halides is 1. The van der Waals surface area contributed by atoms with Gasteiger partial charge in [0.25, 0.3) is 0 Å². The highest BCUT2D eigenvalue weighted by atomic mass is 35.5. The second kappa shape index (κ2) is 4.78. The summed E-state index contributed by atoms with van der Waals surface area (Å²) in [7, 11) is 0. The van der Waals surface area contributed by atoms with Gasteiger partial charge in [-0.05, 0) is 44.7 Å². The molecule has 4 heteroatoms. The lowest BCUT2D eigenvalue weighted by molar-refractivity contribution is 0.469. The summed E-state index contributed by atoms with van der Waals surface area (Å²) < 4.78 is 2.24. The van der Waals surface area contributed by atoms with Crippen molar-refractivity contribution in [2.24, 2.45) is 5.92 Å². The molecule has 0 spiro atoms. The van der Waals surface area contributed by atoms with Gasteiger partial charge in [-0.2, -0.15) is 0 Å². The van der Waals surface area contributed by atoms with Gasteiger partial charge in [0.05, 0.1) is 5.38 Å². The van der Waals surface area contributed by atoms with Gasteiger partial charge in [0.2, 0.25) is 0 Å². The Balaban J connectivity index is 2.09. The number of hydrogen-bond donors (Lipinski definition) is 0. The highest BCUT2D eigenvalue weighted by Crippen LogP contribution is 2.38. The van der Waals surface area contributed by atoms with Crippen molar-refractivity contribution in [3.8, 4) is 0 Å². The van der Waals surface area contributed by atoms with E-state index in [1.807, 2.05) is 20.0 Å². The van der Waals surface area contributed by atoms with Crippen LogP contribution in [0.3, 0.4) is 0 Å². The van der Waals surface area contributed by atoms with Crippen molar-refractivity contribution >= 4 is 22.8 Å². The standard InChI is InChI=1S/C15H20ClN3/c1-9-6-13-15(17-8-9)19(14(18-13)11(3)16)10(2)7-12-4-5-12/h6,8,10-12H,4-5,7H2,1-3H3. The first kappa shape index (κ1) is 12.9. The van der Waals surface area contributed by atoms with Gasteiger partial charge < -0.3 is 4.57 Å². The molecule has 3 rings (SSSR count). The minimum absolute atomic E-state index is 0.0869. The predicted octanol–water partition coefficient (Wildman–Crippen LogP) is 4.40. The van der Waals surface area contributed by atoms with Crippen LogP contribution >= 0.6 is 11.6 Å². The number of hydrogen-bond acceptors (Lipinski definition) is 2. The zero-order chi connectivity index (χ0) is 13.6. The maximum absolute atomic E-state index is 6.30. The Morgan fingerprint density at radius 2 is 2.16 bits per heavy atom. The fourth-order valence-corrected chi connectivity index (χ4v) is 2.91. The number of aryl methyl sites for hydroxylation is 1. The lowest BCUT2D eigenvalue weighted by atomic mass is 10.1. The van der Waals surface area contributed by atoms with Crippen LogP contribution in [0.25, 0.3) is 11.2 Å². The van der Waals surface area contributed by atoms with E-state index in [9.17, 15) is 0 Å². The summed E-state index contributed by atoms with van der Waals surface area (Å²) >= 11 is 6.30. The van der Waals surface area contributed by atoms with E-state index >= 15 is 0 Å². The molecule has 0 saturated heterocycles. The van der Waals surface area contributed by atoms with E-state index in [0.717, 1.165) is 28.5 Å². The Morgan fingerprint density at radius 3 is 2.79 bits per heavy atom. The highest BCUT2D eigenvalue weighted by molar-refractivity contribution is 6.20. The number of rotatable bonds is 4. The Labute approximate surface area is 119 Å². The van der Waals surface area contributed by atoms with Gasteiger partial charge in [-0.3, -0.25) is 0 Å². The second-order valence-electron chi connectivity index (χ2n) is 5.84. The van der Waals surface area contributed by atoms with Crippen molar-refractivity contribution in [2.45, 2.75) is 51.5 Å². The van der Waals surface area contributed by atoms with E-state index in [1.165, 1.54) is 19.3 Å². The molecule has 1 aliphatic rings. The molecule has 2 aromatic rings. The minimum Gasteiger partial charge on any atom is -0.309 e. The summed E-state index contributed by atoms with van der Waals surface area (Å²) in [6.07, 6.45) is 5.86. The summed E-state index contributed by atoms with van der Waals surface area (Å²) in [5.41, 5.74) is 3.08. The second-order valence-corrected chi connectivity index (χ2v) is 6.49. The lowest BCUT2D eigenvalue weighted by Crippen LogP contribution is -2.11. The molecule has 1 fully saturated rings.